The Balaban J connectivity index is 1.50. The van der Waals surface area contributed by atoms with E-state index in [0.717, 1.165) is 10.9 Å². The molecule has 0 atom stereocenters. The molecule has 2 N–H and O–H groups in total. The van der Waals surface area contributed by atoms with Crippen molar-refractivity contribution in [2.75, 3.05) is 10.6 Å². The maximum atomic E-state index is 12.6. The Kier molecular flexibility index (Phi) is 4.37. The zero-order valence-corrected chi connectivity index (χ0v) is 14.2. The van der Waals surface area contributed by atoms with Gasteiger partial charge in [-0.2, -0.15) is 0 Å². The highest BCUT2D eigenvalue weighted by Crippen LogP contribution is 2.19. The normalized spacial score (nSPS) is 10.5. The third kappa shape index (κ3) is 3.69. The lowest BCUT2D eigenvalue weighted by molar-refractivity contribution is 0.0993. The van der Waals surface area contributed by atoms with Gasteiger partial charge in [0.1, 0.15) is 0 Å². The molecule has 0 aliphatic heterocycles. The van der Waals surface area contributed by atoms with Crippen LogP contribution in [0.4, 0.5) is 11.4 Å². The average molecular weight is 357 g/mol. The number of nitrogens with zero attached hydrogens (tertiary/aromatic N) is 1. The average Bonchev–Trinajstić information content (AvgIpc) is 3.23. The fraction of sp³-hybridized carbons (Fsp3) is 0. The number of amides is 2. The number of hydrogen-bond acceptors (Lipinski definition) is 4. The van der Waals surface area contributed by atoms with Crippen molar-refractivity contribution in [1.82, 2.24) is 4.98 Å². The van der Waals surface area contributed by atoms with Crippen LogP contribution in [0, 0.1) is 0 Å². The standard InChI is InChI=1S/C21H15N3O3/c25-20(23-17-8-9-18-14(12-17)5-2-10-22-18)15-4-1-6-16(13-15)24-21(26)19-7-3-11-27-19/h1-13H,(H,23,25)(H,24,26). The summed E-state index contributed by atoms with van der Waals surface area (Å²) >= 11 is 0. The van der Waals surface area contributed by atoms with Crippen molar-refractivity contribution in [2.24, 2.45) is 0 Å². The van der Waals surface area contributed by atoms with Crippen LogP contribution in [0.1, 0.15) is 20.9 Å². The van der Waals surface area contributed by atoms with Gasteiger partial charge in [-0.15, -0.1) is 0 Å². The molecule has 6 heteroatoms. The van der Waals surface area contributed by atoms with Gasteiger partial charge in [0, 0.05) is 28.5 Å². The van der Waals surface area contributed by atoms with Crippen LogP contribution in [0.25, 0.3) is 10.9 Å². The molecule has 4 aromatic rings. The first-order valence-electron chi connectivity index (χ1n) is 8.30. The van der Waals surface area contributed by atoms with Gasteiger partial charge in [-0.1, -0.05) is 12.1 Å². The van der Waals surface area contributed by atoms with E-state index in [2.05, 4.69) is 15.6 Å². The maximum Gasteiger partial charge on any atom is 0.291 e. The first kappa shape index (κ1) is 16.5. The first-order valence-corrected chi connectivity index (χ1v) is 8.30. The maximum absolute atomic E-state index is 12.6. The van der Waals surface area contributed by atoms with E-state index >= 15 is 0 Å². The number of hydrogen-bond donors (Lipinski definition) is 2. The van der Waals surface area contributed by atoms with Gasteiger partial charge in [0.2, 0.25) is 0 Å². The molecule has 0 radical (unpaired) electrons. The Morgan fingerprint density at radius 3 is 2.52 bits per heavy atom. The van der Waals surface area contributed by atoms with Crippen molar-refractivity contribution >= 4 is 34.1 Å². The number of benzene rings is 2. The highest BCUT2D eigenvalue weighted by Gasteiger charge is 2.11. The first-order chi connectivity index (χ1) is 13.2. The summed E-state index contributed by atoms with van der Waals surface area (Å²) in [6.07, 6.45) is 3.15. The van der Waals surface area contributed by atoms with Crippen LogP contribution in [0.3, 0.4) is 0 Å². The summed E-state index contributed by atoms with van der Waals surface area (Å²) in [7, 11) is 0. The second kappa shape index (κ2) is 7.13. The number of carbonyl (C=O) groups excluding carboxylic acids is 2. The molecule has 4 rings (SSSR count). The smallest absolute Gasteiger partial charge is 0.291 e. The molecule has 0 bridgehead atoms. The Bertz CT molecular complexity index is 1120. The topological polar surface area (TPSA) is 84.2 Å². The Morgan fingerprint density at radius 1 is 0.815 bits per heavy atom. The van der Waals surface area contributed by atoms with Crippen molar-refractivity contribution in [3.05, 3.63) is 90.5 Å². The highest BCUT2D eigenvalue weighted by atomic mass is 16.3. The van der Waals surface area contributed by atoms with E-state index in [0.29, 0.717) is 16.9 Å². The fourth-order valence-electron chi connectivity index (χ4n) is 2.70. The Hall–Kier alpha value is -3.93. The monoisotopic (exact) mass is 357 g/mol. The molecule has 27 heavy (non-hydrogen) atoms. The van der Waals surface area contributed by atoms with Crippen LogP contribution in [0.2, 0.25) is 0 Å². The molecule has 2 heterocycles. The number of fused-ring (bicyclic) bond motifs is 1. The van der Waals surface area contributed by atoms with Crippen molar-refractivity contribution in [3.63, 3.8) is 0 Å². The van der Waals surface area contributed by atoms with Gasteiger partial charge in [-0.3, -0.25) is 14.6 Å². The van der Waals surface area contributed by atoms with E-state index < -0.39 is 0 Å². The molecule has 6 nitrogen and oxygen atoms in total. The van der Waals surface area contributed by atoms with Crippen LogP contribution in [0.15, 0.2) is 83.6 Å². The van der Waals surface area contributed by atoms with Crippen molar-refractivity contribution in [3.8, 4) is 0 Å². The second-order valence-corrected chi connectivity index (χ2v) is 5.88. The molecule has 0 saturated carbocycles. The lowest BCUT2D eigenvalue weighted by Crippen LogP contribution is -2.14. The van der Waals surface area contributed by atoms with Gasteiger partial charge in [0.05, 0.1) is 11.8 Å². The van der Waals surface area contributed by atoms with Crippen molar-refractivity contribution in [2.45, 2.75) is 0 Å². The van der Waals surface area contributed by atoms with Gasteiger partial charge in [-0.05, 0) is 54.6 Å². The number of furan rings is 1. The van der Waals surface area contributed by atoms with E-state index in [-0.39, 0.29) is 17.6 Å². The third-order valence-electron chi connectivity index (χ3n) is 3.99. The summed E-state index contributed by atoms with van der Waals surface area (Å²) in [4.78, 5) is 28.9. The minimum atomic E-state index is -0.375. The van der Waals surface area contributed by atoms with E-state index in [1.807, 2.05) is 24.3 Å². The molecule has 132 valence electrons. The van der Waals surface area contributed by atoms with E-state index in [1.165, 1.54) is 6.26 Å². The largest absolute Gasteiger partial charge is 0.459 e. The van der Waals surface area contributed by atoms with Crippen LogP contribution >= 0.6 is 0 Å². The Morgan fingerprint density at radius 2 is 1.67 bits per heavy atom. The molecule has 0 unspecified atom stereocenters. The molecular weight excluding hydrogens is 342 g/mol. The summed E-state index contributed by atoms with van der Waals surface area (Å²) < 4.78 is 5.06. The van der Waals surface area contributed by atoms with E-state index in [1.54, 1.807) is 48.7 Å². The summed E-state index contributed by atoms with van der Waals surface area (Å²) in [5.74, 6) is -0.443. The molecular formula is C21H15N3O3. The molecule has 0 saturated heterocycles. The second-order valence-electron chi connectivity index (χ2n) is 5.88. The predicted octanol–water partition coefficient (Wildman–Crippen LogP) is 4.33. The number of anilines is 2. The van der Waals surface area contributed by atoms with E-state index in [4.69, 9.17) is 4.42 Å². The molecule has 0 aliphatic carbocycles. The Labute approximate surface area is 154 Å². The molecule has 2 amide bonds. The molecule has 0 fully saturated rings. The zero-order chi connectivity index (χ0) is 18.6. The minimum absolute atomic E-state index is 0.203. The fourth-order valence-corrected chi connectivity index (χ4v) is 2.70. The number of carbonyl (C=O) groups is 2. The van der Waals surface area contributed by atoms with Crippen LogP contribution in [-0.2, 0) is 0 Å². The minimum Gasteiger partial charge on any atom is -0.459 e. The van der Waals surface area contributed by atoms with Crippen molar-refractivity contribution in [1.29, 1.82) is 0 Å². The number of pyridine rings is 1. The van der Waals surface area contributed by atoms with Gasteiger partial charge >= 0.3 is 0 Å². The summed E-state index contributed by atoms with van der Waals surface area (Å²) in [6.45, 7) is 0. The van der Waals surface area contributed by atoms with Crippen LogP contribution < -0.4 is 10.6 Å². The number of nitrogens with one attached hydrogen (secondary N) is 2. The number of aromatic nitrogens is 1. The molecule has 2 aromatic carbocycles. The summed E-state index contributed by atoms with van der Waals surface area (Å²) in [6, 6.07) is 19.2. The summed E-state index contributed by atoms with van der Waals surface area (Å²) in [5, 5.41) is 6.51. The van der Waals surface area contributed by atoms with Crippen LogP contribution in [-0.4, -0.2) is 16.8 Å². The highest BCUT2D eigenvalue weighted by molar-refractivity contribution is 6.07. The SMILES string of the molecule is O=C(Nc1ccc2ncccc2c1)c1cccc(NC(=O)c2ccco2)c1. The zero-order valence-electron chi connectivity index (χ0n) is 14.2. The molecule has 0 spiro atoms. The number of rotatable bonds is 4. The van der Waals surface area contributed by atoms with Crippen molar-refractivity contribution < 1.29 is 14.0 Å². The molecule has 2 aromatic heterocycles. The lowest BCUT2D eigenvalue weighted by Gasteiger charge is -2.08. The van der Waals surface area contributed by atoms with Gasteiger partial charge in [0.15, 0.2) is 5.76 Å². The molecule has 0 aliphatic rings. The third-order valence-corrected chi connectivity index (χ3v) is 3.99. The van der Waals surface area contributed by atoms with E-state index in [9.17, 15) is 9.59 Å². The van der Waals surface area contributed by atoms with Gasteiger partial charge in [0.25, 0.3) is 11.8 Å². The quantitative estimate of drug-likeness (QED) is 0.569. The lowest BCUT2D eigenvalue weighted by atomic mass is 10.1. The van der Waals surface area contributed by atoms with Crippen LogP contribution in [0.5, 0.6) is 0 Å². The predicted molar refractivity (Wildman–Crippen MR) is 103 cm³/mol. The summed E-state index contributed by atoms with van der Waals surface area (Å²) in [5.41, 5.74) is 2.47. The van der Waals surface area contributed by atoms with Gasteiger partial charge in [-0.25, -0.2) is 0 Å². The van der Waals surface area contributed by atoms with Gasteiger partial charge < -0.3 is 15.1 Å².